The molecule has 0 radical (unpaired) electrons. The summed E-state index contributed by atoms with van der Waals surface area (Å²) in [6.45, 7) is 0.894. The van der Waals surface area contributed by atoms with Gasteiger partial charge < -0.3 is 10.4 Å². The highest BCUT2D eigenvalue weighted by Crippen LogP contribution is 2.29. The Labute approximate surface area is 124 Å². The number of phenols is 1. The molecule has 1 heterocycles. The summed E-state index contributed by atoms with van der Waals surface area (Å²) >= 11 is 6.23. The minimum Gasteiger partial charge on any atom is -0.508 e. The average molecular weight is 291 g/mol. The van der Waals surface area contributed by atoms with Gasteiger partial charge in [-0.2, -0.15) is 0 Å². The van der Waals surface area contributed by atoms with Gasteiger partial charge >= 0.3 is 0 Å². The number of benzene rings is 1. The molecule has 2 unspecified atom stereocenters. The summed E-state index contributed by atoms with van der Waals surface area (Å²) in [6, 6.07) is 7.32. The Bertz CT molecular complexity index is 602. The fourth-order valence-electron chi connectivity index (χ4n) is 2.95. The van der Waals surface area contributed by atoms with Gasteiger partial charge in [-0.1, -0.05) is 12.5 Å². The van der Waals surface area contributed by atoms with Gasteiger partial charge in [-0.15, -0.1) is 11.6 Å². The predicted molar refractivity (Wildman–Crippen MR) is 83.5 cm³/mol. The Morgan fingerprint density at radius 2 is 2.20 bits per heavy atom. The molecule has 1 aromatic heterocycles. The van der Waals surface area contributed by atoms with Crippen molar-refractivity contribution in [3.05, 3.63) is 30.5 Å². The van der Waals surface area contributed by atoms with Crippen LogP contribution in [0.2, 0.25) is 0 Å². The molecule has 1 aliphatic rings. The number of rotatable bonds is 3. The molecule has 0 saturated heterocycles. The maximum absolute atomic E-state index is 9.63. The van der Waals surface area contributed by atoms with Crippen LogP contribution in [0.25, 0.3) is 10.8 Å². The molecule has 0 spiro atoms. The molecule has 2 aromatic rings. The molecule has 3 rings (SSSR count). The van der Waals surface area contributed by atoms with Crippen molar-refractivity contribution in [1.82, 2.24) is 4.98 Å². The second-order valence-corrected chi connectivity index (χ2v) is 6.19. The minimum absolute atomic E-state index is 0.270. The molecule has 4 heteroatoms. The quantitative estimate of drug-likeness (QED) is 0.835. The van der Waals surface area contributed by atoms with E-state index in [0.717, 1.165) is 36.0 Å². The first-order valence-electron chi connectivity index (χ1n) is 7.18. The number of aromatic nitrogens is 1. The molecule has 20 heavy (non-hydrogen) atoms. The van der Waals surface area contributed by atoms with Crippen molar-refractivity contribution in [2.75, 3.05) is 11.9 Å². The fraction of sp³-hybridized carbons (Fsp3) is 0.438. The lowest BCUT2D eigenvalue weighted by molar-refractivity contribution is 0.378. The molecule has 1 saturated carbocycles. The predicted octanol–water partition coefficient (Wildman–Crippen LogP) is 4.15. The summed E-state index contributed by atoms with van der Waals surface area (Å²) in [5, 5.41) is 15.4. The van der Waals surface area contributed by atoms with E-state index in [1.165, 1.54) is 12.8 Å². The molecule has 106 valence electrons. The second-order valence-electron chi connectivity index (χ2n) is 5.58. The monoisotopic (exact) mass is 290 g/mol. The number of pyridine rings is 1. The Hall–Kier alpha value is -1.48. The zero-order valence-electron chi connectivity index (χ0n) is 11.3. The topological polar surface area (TPSA) is 45.2 Å². The molecular formula is C16H19ClN2O. The number of nitrogens with zero attached hydrogens (tertiary/aromatic N) is 1. The van der Waals surface area contributed by atoms with Crippen LogP contribution in [-0.2, 0) is 0 Å². The van der Waals surface area contributed by atoms with Gasteiger partial charge in [-0.3, -0.25) is 0 Å². The molecule has 1 aliphatic carbocycles. The van der Waals surface area contributed by atoms with Crippen LogP contribution in [0.3, 0.4) is 0 Å². The van der Waals surface area contributed by atoms with Crippen LogP contribution in [0.1, 0.15) is 25.7 Å². The van der Waals surface area contributed by atoms with E-state index in [-0.39, 0.29) is 5.75 Å². The van der Waals surface area contributed by atoms with Crippen LogP contribution < -0.4 is 5.32 Å². The van der Waals surface area contributed by atoms with Gasteiger partial charge in [0, 0.05) is 23.5 Å². The highest BCUT2D eigenvalue weighted by molar-refractivity contribution is 6.20. The van der Waals surface area contributed by atoms with E-state index >= 15 is 0 Å². The number of hydrogen-bond donors (Lipinski definition) is 2. The first-order chi connectivity index (χ1) is 9.72. The van der Waals surface area contributed by atoms with Gasteiger partial charge in [0.25, 0.3) is 0 Å². The Balaban J connectivity index is 1.75. The molecule has 2 N–H and O–H groups in total. The molecule has 1 aromatic carbocycles. The normalized spacial score (nSPS) is 22.9. The summed E-state index contributed by atoms with van der Waals surface area (Å²) in [6.07, 6.45) is 6.45. The van der Waals surface area contributed by atoms with E-state index in [4.69, 9.17) is 11.6 Å². The number of hydrogen-bond acceptors (Lipinski definition) is 3. The van der Waals surface area contributed by atoms with Crippen LogP contribution in [0, 0.1) is 5.92 Å². The zero-order chi connectivity index (χ0) is 13.9. The summed E-state index contributed by atoms with van der Waals surface area (Å²) in [4.78, 5) is 4.40. The number of alkyl halides is 1. The SMILES string of the molecule is Oc1ccc2ccnc(NCC3CCCC(Cl)C3)c2c1. The number of nitrogens with one attached hydrogen (secondary N) is 1. The molecular weight excluding hydrogens is 272 g/mol. The number of aromatic hydroxyl groups is 1. The van der Waals surface area contributed by atoms with Crippen LogP contribution in [0.15, 0.2) is 30.5 Å². The number of anilines is 1. The molecule has 2 atom stereocenters. The van der Waals surface area contributed by atoms with E-state index in [0.29, 0.717) is 11.3 Å². The van der Waals surface area contributed by atoms with Gasteiger partial charge in [0.2, 0.25) is 0 Å². The van der Waals surface area contributed by atoms with Gasteiger partial charge in [-0.25, -0.2) is 4.98 Å². The molecule has 0 amide bonds. The standard InChI is InChI=1S/C16H19ClN2O/c17-13-3-1-2-11(8-13)10-19-16-15-9-14(20)5-4-12(15)6-7-18-16/h4-7,9,11,13,20H,1-3,8,10H2,(H,18,19). The number of halogens is 1. The van der Waals surface area contributed by atoms with Crippen molar-refractivity contribution in [2.45, 2.75) is 31.1 Å². The van der Waals surface area contributed by atoms with Crippen molar-refractivity contribution in [1.29, 1.82) is 0 Å². The van der Waals surface area contributed by atoms with Crippen LogP contribution in [-0.4, -0.2) is 22.0 Å². The number of phenolic OH excluding ortho intramolecular Hbond substituents is 1. The Morgan fingerprint density at radius 3 is 3.05 bits per heavy atom. The first kappa shape index (κ1) is 13.5. The summed E-state index contributed by atoms with van der Waals surface area (Å²) in [5.41, 5.74) is 0. The average Bonchev–Trinajstić information content (AvgIpc) is 2.45. The van der Waals surface area contributed by atoms with Crippen molar-refractivity contribution in [3.8, 4) is 5.75 Å². The van der Waals surface area contributed by atoms with E-state index in [9.17, 15) is 5.11 Å². The van der Waals surface area contributed by atoms with Crippen molar-refractivity contribution in [3.63, 3.8) is 0 Å². The largest absolute Gasteiger partial charge is 0.508 e. The lowest BCUT2D eigenvalue weighted by Crippen LogP contribution is -2.22. The van der Waals surface area contributed by atoms with E-state index < -0.39 is 0 Å². The third-order valence-electron chi connectivity index (χ3n) is 4.03. The van der Waals surface area contributed by atoms with Crippen LogP contribution in [0.4, 0.5) is 5.82 Å². The van der Waals surface area contributed by atoms with E-state index in [2.05, 4.69) is 10.3 Å². The maximum Gasteiger partial charge on any atom is 0.133 e. The zero-order valence-corrected chi connectivity index (χ0v) is 12.1. The minimum atomic E-state index is 0.270. The second kappa shape index (κ2) is 5.88. The highest BCUT2D eigenvalue weighted by atomic mass is 35.5. The summed E-state index contributed by atoms with van der Waals surface area (Å²) in [7, 11) is 0. The van der Waals surface area contributed by atoms with Gasteiger partial charge in [-0.05, 0) is 48.8 Å². The van der Waals surface area contributed by atoms with Crippen molar-refractivity contribution >= 4 is 28.2 Å². The molecule has 3 nitrogen and oxygen atoms in total. The van der Waals surface area contributed by atoms with E-state index in [1.807, 2.05) is 12.1 Å². The van der Waals surface area contributed by atoms with Gasteiger partial charge in [0.1, 0.15) is 11.6 Å². The summed E-state index contributed by atoms with van der Waals surface area (Å²) in [5.74, 6) is 1.72. The van der Waals surface area contributed by atoms with Crippen molar-refractivity contribution in [2.24, 2.45) is 5.92 Å². The smallest absolute Gasteiger partial charge is 0.133 e. The molecule has 0 bridgehead atoms. The van der Waals surface area contributed by atoms with Gasteiger partial charge in [0.15, 0.2) is 0 Å². The van der Waals surface area contributed by atoms with Crippen LogP contribution >= 0.6 is 11.6 Å². The fourth-order valence-corrected chi connectivity index (χ4v) is 3.36. The molecule has 1 fully saturated rings. The maximum atomic E-state index is 9.63. The van der Waals surface area contributed by atoms with Gasteiger partial charge in [0.05, 0.1) is 0 Å². The Morgan fingerprint density at radius 1 is 1.30 bits per heavy atom. The highest BCUT2D eigenvalue weighted by Gasteiger charge is 2.20. The first-order valence-corrected chi connectivity index (χ1v) is 7.61. The Kier molecular flexibility index (Phi) is 3.97. The van der Waals surface area contributed by atoms with Crippen molar-refractivity contribution < 1.29 is 5.11 Å². The lowest BCUT2D eigenvalue weighted by Gasteiger charge is -2.25. The lowest BCUT2D eigenvalue weighted by atomic mass is 9.89. The van der Waals surface area contributed by atoms with E-state index in [1.54, 1.807) is 18.3 Å². The number of fused-ring (bicyclic) bond motifs is 1. The molecule has 0 aliphatic heterocycles. The third kappa shape index (κ3) is 2.98. The van der Waals surface area contributed by atoms with Crippen LogP contribution in [0.5, 0.6) is 5.75 Å². The summed E-state index contributed by atoms with van der Waals surface area (Å²) < 4.78 is 0. The third-order valence-corrected chi connectivity index (χ3v) is 4.42.